The maximum absolute atomic E-state index is 13.4. The summed E-state index contributed by atoms with van der Waals surface area (Å²) >= 11 is 0. The van der Waals surface area contributed by atoms with Gasteiger partial charge in [0.05, 0.1) is 18.2 Å². The van der Waals surface area contributed by atoms with Crippen molar-refractivity contribution in [2.75, 3.05) is 7.11 Å². The van der Waals surface area contributed by atoms with E-state index in [4.69, 9.17) is 4.74 Å². The topological polar surface area (TPSA) is 46.5 Å². The van der Waals surface area contributed by atoms with E-state index in [9.17, 15) is 23.1 Å². The molecule has 1 N–H and O–H groups in total. The fourth-order valence-electron chi connectivity index (χ4n) is 5.07. The number of carboxylic acid groups (broad SMARTS) is 1. The summed E-state index contributed by atoms with van der Waals surface area (Å²) in [6, 6.07) is 16.9. The lowest BCUT2D eigenvalue weighted by atomic mass is 9.86. The second-order valence-corrected chi connectivity index (χ2v) is 9.43. The zero-order valence-corrected chi connectivity index (χ0v) is 21.8. The van der Waals surface area contributed by atoms with Gasteiger partial charge in [-0.3, -0.25) is 0 Å². The number of hydrogen-bond donors (Lipinski definition) is 1. The largest absolute Gasteiger partial charge is 0.496 e. The molecule has 198 valence electrons. The molecule has 0 radical (unpaired) electrons. The molecule has 3 nitrogen and oxygen atoms in total. The van der Waals surface area contributed by atoms with Crippen LogP contribution in [0.3, 0.4) is 0 Å². The van der Waals surface area contributed by atoms with Crippen molar-refractivity contribution in [3.63, 3.8) is 0 Å². The average Bonchev–Trinajstić information content (AvgIpc) is 3.10. The number of carboxylic acids is 1. The first-order valence-electron chi connectivity index (χ1n) is 12.8. The fraction of sp³-hybridized carbons (Fsp3) is 0.281. The van der Waals surface area contributed by atoms with Crippen molar-refractivity contribution in [3.05, 3.63) is 105 Å². The Morgan fingerprint density at radius 3 is 2.24 bits per heavy atom. The van der Waals surface area contributed by atoms with Gasteiger partial charge < -0.3 is 9.84 Å². The highest BCUT2D eigenvalue weighted by Gasteiger charge is 2.32. The molecule has 4 rings (SSSR count). The summed E-state index contributed by atoms with van der Waals surface area (Å²) in [7, 11) is 1.38. The van der Waals surface area contributed by atoms with Gasteiger partial charge in [0, 0.05) is 5.56 Å². The number of aryl methyl sites for hydroxylation is 1. The van der Waals surface area contributed by atoms with Gasteiger partial charge in [-0.1, -0.05) is 61.9 Å². The number of allylic oxidation sites excluding steroid dienone is 2. The van der Waals surface area contributed by atoms with Crippen LogP contribution in [-0.2, 0) is 12.6 Å². The lowest BCUT2D eigenvalue weighted by Crippen LogP contribution is -2.06. The van der Waals surface area contributed by atoms with Crippen LogP contribution >= 0.6 is 0 Å². The Labute approximate surface area is 221 Å². The van der Waals surface area contributed by atoms with Crippen LogP contribution in [0.15, 0.2) is 66.2 Å². The lowest BCUT2D eigenvalue weighted by molar-refractivity contribution is -0.137. The predicted octanol–water partition coefficient (Wildman–Crippen LogP) is 8.91. The predicted molar refractivity (Wildman–Crippen MR) is 145 cm³/mol. The van der Waals surface area contributed by atoms with Crippen molar-refractivity contribution in [3.8, 4) is 5.75 Å². The first-order valence-corrected chi connectivity index (χ1v) is 12.8. The molecule has 3 aromatic rings. The standard InChI is InChI=1S/C32H31F3O3/c1-4-20(5-2)17-21-9-11-22(12-10-21)30-26-15-13-24(31(36)37)18-23(26)7-6-8-28(30)27-16-14-25(32(33,34)35)19-29(27)38-3/h9-19H,4-8H2,1-3H3,(H,36,37). The zero-order valence-electron chi connectivity index (χ0n) is 21.8. The quantitative estimate of drug-likeness (QED) is 0.338. The molecular formula is C32H31F3O3. The number of aromatic carboxylic acids is 1. The molecule has 0 saturated heterocycles. The fourth-order valence-corrected chi connectivity index (χ4v) is 5.07. The molecule has 0 heterocycles. The summed E-state index contributed by atoms with van der Waals surface area (Å²) in [6.07, 6.45) is 1.62. The average molecular weight is 521 g/mol. The summed E-state index contributed by atoms with van der Waals surface area (Å²) in [5.41, 5.74) is 6.95. The number of alkyl halides is 3. The highest BCUT2D eigenvalue weighted by atomic mass is 19.4. The van der Waals surface area contributed by atoms with Gasteiger partial charge in [0.25, 0.3) is 0 Å². The van der Waals surface area contributed by atoms with Crippen molar-refractivity contribution in [2.45, 2.75) is 52.1 Å². The van der Waals surface area contributed by atoms with Gasteiger partial charge in [0.1, 0.15) is 5.75 Å². The number of ether oxygens (including phenoxy) is 1. The minimum absolute atomic E-state index is 0.160. The highest BCUT2D eigenvalue weighted by Crippen LogP contribution is 2.44. The molecule has 0 fully saturated rings. The molecule has 0 bridgehead atoms. The Morgan fingerprint density at radius 1 is 0.947 bits per heavy atom. The summed E-state index contributed by atoms with van der Waals surface area (Å²) < 4.78 is 45.8. The van der Waals surface area contributed by atoms with E-state index >= 15 is 0 Å². The second-order valence-electron chi connectivity index (χ2n) is 9.43. The summed E-state index contributed by atoms with van der Waals surface area (Å²) in [5, 5.41) is 9.55. The number of rotatable bonds is 7. The molecule has 0 amide bonds. The van der Waals surface area contributed by atoms with Gasteiger partial charge in [-0.15, -0.1) is 0 Å². The van der Waals surface area contributed by atoms with E-state index in [0.29, 0.717) is 18.4 Å². The summed E-state index contributed by atoms with van der Waals surface area (Å²) in [4.78, 5) is 11.7. The third-order valence-corrected chi connectivity index (χ3v) is 7.13. The van der Waals surface area contributed by atoms with Gasteiger partial charge in [-0.25, -0.2) is 4.79 Å². The molecule has 6 heteroatoms. The molecule has 38 heavy (non-hydrogen) atoms. The number of hydrogen-bond acceptors (Lipinski definition) is 2. The van der Waals surface area contributed by atoms with Crippen molar-refractivity contribution < 1.29 is 27.8 Å². The van der Waals surface area contributed by atoms with Crippen molar-refractivity contribution in [2.24, 2.45) is 0 Å². The lowest BCUT2D eigenvalue weighted by Gasteiger charge is -2.20. The van der Waals surface area contributed by atoms with E-state index < -0.39 is 17.7 Å². The summed E-state index contributed by atoms with van der Waals surface area (Å²) in [6.45, 7) is 4.26. The zero-order chi connectivity index (χ0) is 27.4. The third kappa shape index (κ3) is 5.69. The number of fused-ring (bicyclic) bond motifs is 1. The molecular weight excluding hydrogens is 489 g/mol. The third-order valence-electron chi connectivity index (χ3n) is 7.13. The maximum atomic E-state index is 13.4. The molecule has 0 unspecified atom stereocenters. The van der Waals surface area contributed by atoms with Crippen molar-refractivity contribution in [1.29, 1.82) is 0 Å². The first kappa shape index (κ1) is 27.2. The Balaban J connectivity index is 1.96. The van der Waals surface area contributed by atoms with Crippen LogP contribution in [0, 0.1) is 0 Å². The number of methoxy groups -OCH3 is 1. The normalized spacial score (nSPS) is 13.5. The van der Waals surface area contributed by atoms with Crippen LogP contribution < -0.4 is 4.74 Å². The molecule has 3 aromatic carbocycles. The van der Waals surface area contributed by atoms with Crippen LogP contribution in [0.1, 0.15) is 83.3 Å². The Kier molecular flexibility index (Phi) is 8.10. The Hall–Kier alpha value is -3.80. The monoisotopic (exact) mass is 520 g/mol. The first-order chi connectivity index (χ1) is 18.2. The molecule has 0 aliphatic heterocycles. The SMILES string of the molecule is CCC(=Cc1ccc(C2=C(c3ccc(C(F)(F)F)cc3OC)CCCc3cc(C(=O)O)ccc32)cc1)CC. The van der Waals surface area contributed by atoms with E-state index in [1.807, 2.05) is 30.3 Å². The number of benzene rings is 3. The van der Waals surface area contributed by atoms with E-state index in [0.717, 1.165) is 64.8 Å². The van der Waals surface area contributed by atoms with Gasteiger partial charge >= 0.3 is 12.1 Å². The van der Waals surface area contributed by atoms with Crippen molar-refractivity contribution >= 4 is 23.2 Å². The minimum Gasteiger partial charge on any atom is -0.496 e. The van der Waals surface area contributed by atoms with Gasteiger partial charge in [-0.05, 0) is 89.8 Å². The van der Waals surface area contributed by atoms with Crippen molar-refractivity contribution in [1.82, 2.24) is 0 Å². The van der Waals surface area contributed by atoms with Crippen LogP contribution in [-0.4, -0.2) is 18.2 Å². The second kappa shape index (κ2) is 11.3. The minimum atomic E-state index is -4.48. The van der Waals surface area contributed by atoms with E-state index in [2.05, 4.69) is 19.9 Å². The number of halogens is 3. The number of carbonyl (C=O) groups is 1. The molecule has 0 spiro atoms. The maximum Gasteiger partial charge on any atom is 0.416 e. The summed E-state index contributed by atoms with van der Waals surface area (Å²) in [5.74, 6) is -0.834. The molecule has 0 aromatic heterocycles. The molecule has 1 aliphatic rings. The van der Waals surface area contributed by atoms with E-state index in [1.165, 1.54) is 18.7 Å². The van der Waals surface area contributed by atoms with Gasteiger partial charge in [0.2, 0.25) is 0 Å². The molecule has 0 atom stereocenters. The van der Waals surface area contributed by atoms with Gasteiger partial charge in [0.15, 0.2) is 0 Å². The smallest absolute Gasteiger partial charge is 0.416 e. The molecule has 1 aliphatic carbocycles. The van der Waals surface area contributed by atoms with Crippen LogP contribution in [0.5, 0.6) is 5.75 Å². The Morgan fingerprint density at radius 2 is 1.63 bits per heavy atom. The van der Waals surface area contributed by atoms with Crippen LogP contribution in [0.4, 0.5) is 13.2 Å². The highest BCUT2D eigenvalue weighted by molar-refractivity contribution is 6.01. The van der Waals surface area contributed by atoms with Crippen LogP contribution in [0.2, 0.25) is 0 Å². The van der Waals surface area contributed by atoms with Gasteiger partial charge in [-0.2, -0.15) is 13.2 Å². The van der Waals surface area contributed by atoms with E-state index in [-0.39, 0.29) is 11.3 Å². The van der Waals surface area contributed by atoms with Crippen LogP contribution in [0.25, 0.3) is 17.2 Å². The van der Waals surface area contributed by atoms with E-state index in [1.54, 1.807) is 12.1 Å². The Bertz CT molecular complexity index is 1390. The molecule has 0 saturated carbocycles.